The van der Waals surface area contributed by atoms with Crippen LogP contribution in [0.4, 0.5) is 0 Å². The Kier molecular flexibility index (Phi) is 5.01. The fraction of sp³-hybridized carbons (Fsp3) is 0.600. The van der Waals surface area contributed by atoms with Crippen molar-refractivity contribution in [3.63, 3.8) is 0 Å². The van der Waals surface area contributed by atoms with Crippen molar-refractivity contribution >= 4 is 23.9 Å². The third-order valence-electron chi connectivity index (χ3n) is 2.73. The molecule has 108 valence electrons. The zero-order chi connectivity index (χ0) is 15.4. The van der Waals surface area contributed by atoms with Crippen molar-refractivity contribution in [1.29, 1.82) is 0 Å². The molecule has 19 heavy (non-hydrogen) atoms. The van der Waals surface area contributed by atoms with E-state index in [9.17, 15) is 19.2 Å². The fourth-order valence-electron chi connectivity index (χ4n) is 1.40. The Morgan fingerprint density at radius 2 is 0.947 bits per heavy atom. The molecule has 0 aliphatic heterocycles. The zero-order valence-corrected chi connectivity index (χ0v) is 10.2. The SMILES string of the molecule is CCC(OC(CC)(C(=O)O)C(=O)O)(C(=O)O)C(=O)O. The summed E-state index contributed by atoms with van der Waals surface area (Å²) in [6.07, 6.45) is -1.28. The highest BCUT2D eigenvalue weighted by molar-refractivity contribution is 6.06. The monoisotopic (exact) mass is 278 g/mol. The first-order valence-corrected chi connectivity index (χ1v) is 5.24. The lowest BCUT2D eigenvalue weighted by Gasteiger charge is -2.32. The van der Waals surface area contributed by atoms with E-state index < -0.39 is 47.9 Å². The average molecular weight is 278 g/mol. The number of carboxylic acid groups (broad SMARTS) is 4. The van der Waals surface area contributed by atoms with Crippen LogP contribution in [0.25, 0.3) is 0 Å². The molecular formula is C10H14O9. The van der Waals surface area contributed by atoms with E-state index in [1.54, 1.807) is 0 Å². The number of aliphatic carboxylic acids is 4. The van der Waals surface area contributed by atoms with Crippen molar-refractivity contribution in [2.24, 2.45) is 0 Å². The number of carboxylic acids is 4. The minimum atomic E-state index is -2.94. The van der Waals surface area contributed by atoms with Crippen LogP contribution in [0.5, 0.6) is 0 Å². The van der Waals surface area contributed by atoms with Gasteiger partial charge in [-0.3, -0.25) is 0 Å². The van der Waals surface area contributed by atoms with Crippen molar-refractivity contribution in [2.45, 2.75) is 37.9 Å². The number of hydrogen-bond acceptors (Lipinski definition) is 5. The van der Waals surface area contributed by atoms with E-state index in [1.165, 1.54) is 0 Å². The van der Waals surface area contributed by atoms with E-state index >= 15 is 0 Å². The molecule has 0 saturated carbocycles. The third-order valence-corrected chi connectivity index (χ3v) is 2.73. The third kappa shape index (κ3) is 2.65. The summed E-state index contributed by atoms with van der Waals surface area (Å²) in [7, 11) is 0. The van der Waals surface area contributed by atoms with Gasteiger partial charge in [0.1, 0.15) is 0 Å². The Bertz CT molecular complexity index is 345. The first-order chi connectivity index (χ1) is 8.60. The lowest BCUT2D eigenvalue weighted by molar-refractivity contribution is -0.218. The van der Waals surface area contributed by atoms with Gasteiger partial charge < -0.3 is 25.2 Å². The van der Waals surface area contributed by atoms with E-state index in [1.807, 2.05) is 0 Å². The molecule has 0 saturated heterocycles. The zero-order valence-electron chi connectivity index (χ0n) is 10.2. The Balaban J connectivity index is 5.91. The minimum Gasteiger partial charge on any atom is -0.479 e. The molecule has 0 aromatic carbocycles. The Hall–Kier alpha value is -2.16. The molecule has 0 rings (SSSR count). The molecular weight excluding hydrogens is 264 g/mol. The van der Waals surface area contributed by atoms with Gasteiger partial charge in [-0.05, 0) is 12.8 Å². The topological polar surface area (TPSA) is 158 Å². The minimum absolute atomic E-state index is 0.639. The van der Waals surface area contributed by atoms with E-state index in [2.05, 4.69) is 4.74 Å². The van der Waals surface area contributed by atoms with Crippen LogP contribution in [0.3, 0.4) is 0 Å². The number of hydrogen-bond donors (Lipinski definition) is 4. The smallest absolute Gasteiger partial charge is 0.347 e. The highest BCUT2D eigenvalue weighted by atomic mass is 16.6. The Morgan fingerprint density at radius 1 is 0.737 bits per heavy atom. The van der Waals surface area contributed by atoms with Gasteiger partial charge in [0.05, 0.1) is 0 Å². The van der Waals surface area contributed by atoms with Crippen molar-refractivity contribution in [3.05, 3.63) is 0 Å². The molecule has 4 N–H and O–H groups in total. The summed E-state index contributed by atoms with van der Waals surface area (Å²) < 4.78 is 4.57. The molecule has 0 fully saturated rings. The molecule has 0 bridgehead atoms. The van der Waals surface area contributed by atoms with Crippen molar-refractivity contribution in [1.82, 2.24) is 0 Å². The van der Waals surface area contributed by atoms with Crippen LogP contribution >= 0.6 is 0 Å². The summed E-state index contributed by atoms with van der Waals surface area (Å²) >= 11 is 0. The second-order valence-electron chi connectivity index (χ2n) is 3.68. The van der Waals surface area contributed by atoms with Crippen molar-refractivity contribution in [3.8, 4) is 0 Å². The first kappa shape index (κ1) is 16.8. The molecule has 9 nitrogen and oxygen atoms in total. The van der Waals surface area contributed by atoms with Crippen LogP contribution in [-0.2, 0) is 23.9 Å². The fourth-order valence-corrected chi connectivity index (χ4v) is 1.40. The molecule has 0 aliphatic carbocycles. The molecule has 0 amide bonds. The molecule has 0 radical (unpaired) electrons. The summed E-state index contributed by atoms with van der Waals surface area (Å²) in [5.41, 5.74) is -5.88. The summed E-state index contributed by atoms with van der Waals surface area (Å²) in [5.74, 6) is -7.88. The molecule has 0 aromatic heterocycles. The average Bonchev–Trinajstić information content (AvgIpc) is 2.29. The normalized spacial score (nSPS) is 11.9. The molecule has 9 heteroatoms. The van der Waals surface area contributed by atoms with Crippen LogP contribution in [0.2, 0.25) is 0 Å². The maximum absolute atomic E-state index is 11.0. The van der Waals surface area contributed by atoms with Crippen LogP contribution < -0.4 is 0 Å². The van der Waals surface area contributed by atoms with Gasteiger partial charge in [0, 0.05) is 0 Å². The van der Waals surface area contributed by atoms with Crippen molar-refractivity contribution < 1.29 is 44.3 Å². The summed E-state index contributed by atoms with van der Waals surface area (Å²) in [4.78, 5) is 44.2. The largest absolute Gasteiger partial charge is 0.479 e. The lowest BCUT2D eigenvalue weighted by Crippen LogP contribution is -2.60. The summed E-state index contributed by atoms with van der Waals surface area (Å²) in [6, 6.07) is 0. The summed E-state index contributed by atoms with van der Waals surface area (Å²) in [5, 5.41) is 35.7. The van der Waals surface area contributed by atoms with Gasteiger partial charge in [-0.15, -0.1) is 0 Å². The second-order valence-corrected chi connectivity index (χ2v) is 3.68. The number of ether oxygens (including phenoxy) is 1. The van der Waals surface area contributed by atoms with E-state index in [0.717, 1.165) is 13.8 Å². The van der Waals surface area contributed by atoms with Gasteiger partial charge in [0.25, 0.3) is 11.2 Å². The molecule has 0 aromatic rings. The predicted molar refractivity (Wildman–Crippen MR) is 57.7 cm³/mol. The van der Waals surface area contributed by atoms with Gasteiger partial charge in [-0.2, -0.15) is 0 Å². The standard InChI is InChI=1S/C10H14O9/c1-3-9(5(11)12,6(13)14)19-10(4-2,7(15)16)8(17)18/h3-4H2,1-2H3,(H,11,12)(H,13,14)(H,15,16)(H,17,18). The number of rotatable bonds is 8. The quantitative estimate of drug-likeness (QED) is 0.435. The van der Waals surface area contributed by atoms with Gasteiger partial charge in [-0.1, -0.05) is 13.8 Å². The highest BCUT2D eigenvalue weighted by Gasteiger charge is 2.58. The number of carbonyl (C=O) groups is 4. The highest BCUT2D eigenvalue weighted by Crippen LogP contribution is 2.28. The predicted octanol–water partition coefficient (Wildman–Crippen LogP) is -0.361. The van der Waals surface area contributed by atoms with Gasteiger partial charge in [0.2, 0.25) is 0 Å². The molecule has 0 unspecified atom stereocenters. The molecule has 0 heterocycles. The Labute approximate surface area is 107 Å². The van der Waals surface area contributed by atoms with E-state index in [4.69, 9.17) is 20.4 Å². The van der Waals surface area contributed by atoms with Gasteiger partial charge >= 0.3 is 23.9 Å². The molecule has 0 aliphatic rings. The Morgan fingerprint density at radius 3 is 1.05 bits per heavy atom. The maximum atomic E-state index is 11.0. The van der Waals surface area contributed by atoms with Gasteiger partial charge in [0.15, 0.2) is 0 Å². The second kappa shape index (κ2) is 5.65. The summed E-state index contributed by atoms with van der Waals surface area (Å²) in [6.45, 7) is 2.26. The van der Waals surface area contributed by atoms with Crippen LogP contribution in [0, 0.1) is 0 Å². The van der Waals surface area contributed by atoms with Crippen LogP contribution in [-0.4, -0.2) is 55.5 Å². The van der Waals surface area contributed by atoms with Crippen LogP contribution in [0.15, 0.2) is 0 Å². The van der Waals surface area contributed by atoms with E-state index in [-0.39, 0.29) is 0 Å². The van der Waals surface area contributed by atoms with Crippen LogP contribution in [0.1, 0.15) is 26.7 Å². The van der Waals surface area contributed by atoms with Gasteiger partial charge in [-0.25, -0.2) is 19.2 Å². The maximum Gasteiger partial charge on any atom is 0.347 e. The first-order valence-electron chi connectivity index (χ1n) is 5.24. The van der Waals surface area contributed by atoms with Crippen molar-refractivity contribution in [2.75, 3.05) is 0 Å². The molecule has 0 spiro atoms. The van der Waals surface area contributed by atoms with E-state index in [0.29, 0.717) is 0 Å². The lowest BCUT2D eigenvalue weighted by atomic mass is 9.95. The molecule has 0 atom stereocenters.